The lowest BCUT2D eigenvalue weighted by atomic mass is 10.1. The molecule has 0 spiro atoms. The van der Waals surface area contributed by atoms with E-state index in [4.69, 9.17) is 27.9 Å². The van der Waals surface area contributed by atoms with Crippen LogP contribution in [-0.2, 0) is 9.59 Å². The molecule has 1 saturated heterocycles. The number of hydrogen-bond donors (Lipinski definition) is 2. The van der Waals surface area contributed by atoms with Crippen molar-refractivity contribution in [3.05, 3.63) is 52.5 Å². The van der Waals surface area contributed by atoms with Gasteiger partial charge < -0.3 is 20.3 Å². The summed E-state index contributed by atoms with van der Waals surface area (Å²) in [6.45, 7) is 4.66. The van der Waals surface area contributed by atoms with Gasteiger partial charge in [-0.1, -0.05) is 41.4 Å². The molecule has 0 aromatic heterocycles. The minimum atomic E-state index is -0.819. The molecule has 2 aliphatic rings. The summed E-state index contributed by atoms with van der Waals surface area (Å²) in [5.74, 6) is 0.0751. The van der Waals surface area contributed by atoms with Crippen molar-refractivity contribution in [3.8, 4) is 5.75 Å². The zero-order chi connectivity index (χ0) is 21.8. The number of amides is 2. The quantitative estimate of drug-likeness (QED) is 0.689. The molecule has 7 nitrogen and oxygen atoms in total. The summed E-state index contributed by atoms with van der Waals surface area (Å²) in [6, 6.07) is 12.9. The maximum absolute atomic E-state index is 12.3. The molecule has 2 aliphatic heterocycles. The van der Waals surface area contributed by atoms with Crippen LogP contribution < -0.4 is 20.3 Å². The SMILES string of the molecule is O=C(CC1Oc2ccccc2NC1=O)NCCN1CCN(c2cccc(Cl)c2Cl)CC1. The highest BCUT2D eigenvalue weighted by molar-refractivity contribution is 6.43. The van der Waals surface area contributed by atoms with Crippen LogP contribution in [0.1, 0.15) is 6.42 Å². The van der Waals surface area contributed by atoms with E-state index in [1.807, 2.05) is 24.3 Å². The number of para-hydroxylation sites is 2. The normalized spacial score (nSPS) is 18.7. The van der Waals surface area contributed by atoms with Gasteiger partial charge >= 0.3 is 0 Å². The number of carbonyl (C=O) groups excluding carboxylic acids is 2. The number of anilines is 2. The third-order valence-corrected chi connectivity index (χ3v) is 6.28. The molecular formula is C22H24Cl2N4O3. The van der Waals surface area contributed by atoms with E-state index in [9.17, 15) is 9.59 Å². The highest BCUT2D eigenvalue weighted by Crippen LogP contribution is 2.33. The Hall–Kier alpha value is -2.48. The number of carbonyl (C=O) groups is 2. The minimum absolute atomic E-state index is 0.0127. The Bertz CT molecular complexity index is 964. The molecule has 31 heavy (non-hydrogen) atoms. The third-order valence-electron chi connectivity index (χ3n) is 5.47. The van der Waals surface area contributed by atoms with E-state index in [0.717, 1.165) is 38.4 Å². The largest absolute Gasteiger partial charge is 0.478 e. The Balaban J connectivity index is 1.19. The summed E-state index contributed by atoms with van der Waals surface area (Å²) < 4.78 is 5.67. The van der Waals surface area contributed by atoms with Gasteiger partial charge in [0.15, 0.2) is 6.10 Å². The van der Waals surface area contributed by atoms with Crippen LogP contribution in [0.25, 0.3) is 0 Å². The van der Waals surface area contributed by atoms with Crippen molar-refractivity contribution in [1.82, 2.24) is 10.2 Å². The van der Waals surface area contributed by atoms with Crippen molar-refractivity contribution >= 4 is 46.4 Å². The predicted octanol–water partition coefficient (Wildman–Crippen LogP) is 3.02. The first-order valence-electron chi connectivity index (χ1n) is 10.3. The lowest BCUT2D eigenvalue weighted by Gasteiger charge is -2.36. The van der Waals surface area contributed by atoms with Crippen molar-refractivity contribution < 1.29 is 14.3 Å². The number of rotatable bonds is 6. The Morgan fingerprint density at radius 2 is 1.87 bits per heavy atom. The molecule has 0 radical (unpaired) electrons. The summed E-state index contributed by atoms with van der Waals surface area (Å²) in [5, 5.41) is 6.81. The Morgan fingerprint density at radius 3 is 2.68 bits per heavy atom. The van der Waals surface area contributed by atoms with Gasteiger partial charge in [0.2, 0.25) is 5.91 Å². The monoisotopic (exact) mass is 462 g/mol. The zero-order valence-electron chi connectivity index (χ0n) is 16.9. The number of ether oxygens (including phenoxy) is 1. The maximum Gasteiger partial charge on any atom is 0.266 e. The van der Waals surface area contributed by atoms with Crippen LogP contribution in [-0.4, -0.2) is 62.1 Å². The second-order valence-electron chi connectivity index (χ2n) is 7.55. The lowest BCUT2D eigenvalue weighted by Crippen LogP contribution is -2.49. The number of nitrogens with one attached hydrogen (secondary N) is 2. The number of nitrogens with zero attached hydrogens (tertiary/aromatic N) is 2. The minimum Gasteiger partial charge on any atom is -0.478 e. The van der Waals surface area contributed by atoms with E-state index in [2.05, 4.69) is 20.4 Å². The first-order chi connectivity index (χ1) is 15.0. The maximum atomic E-state index is 12.3. The van der Waals surface area contributed by atoms with E-state index < -0.39 is 6.10 Å². The molecule has 2 N–H and O–H groups in total. The molecule has 2 heterocycles. The molecule has 1 unspecified atom stereocenters. The van der Waals surface area contributed by atoms with Gasteiger partial charge in [0.25, 0.3) is 5.91 Å². The Labute approximate surface area is 191 Å². The number of benzene rings is 2. The number of fused-ring (bicyclic) bond motifs is 1. The van der Waals surface area contributed by atoms with Crippen molar-refractivity contribution in [2.24, 2.45) is 0 Å². The first kappa shape index (κ1) is 21.7. The summed E-state index contributed by atoms with van der Waals surface area (Å²) in [6.07, 6.45) is -0.831. The van der Waals surface area contributed by atoms with Crippen LogP contribution in [0.2, 0.25) is 10.0 Å². The van der Waals surface area contributed by atoms with E-state index in [1.54, 1.807) is 18.2 Å². The topological polar surface area (TPSA) is 73.9 Å². The number of piperazine rings is 1. The molecule has 2 aromatic carbocycles. The van der Waals surface area contributed by atoms with Gasteiger partial charge in [0.1, 0.15) is 5.75 Å². The fraction of sp³-hybridized carbons (Fsp3) is 0.364. The first-order valence-corrected chi connectivity index (χ1v) is 11.0. The van der Waals surface area contributed by atoms with E-state index in [-0.39, 0.29) is 18.2 Å². The Kier molecular flexibility index (Phi) is 6.85. The summed E-state index contributed by atoms with van der Waals surface area (Å²) in [5.41, 5.74) is 1.58. The van der Waals surface area contributed by atoms with Gasteiger partial charge in [-0.15, -0.1) is 0 Å². The van der Waals surface area contributed by atoms with Gasteiger partial charge in [0, 0.05) is 39.3 Å². The third kappa shape index (κ3) is 5.23. The van der Waals surface area contributed by atoms with Gasteiger partial charge in [-0.05, 0) is 24.3 Å². The summed E-state index contributed by atoms with van der Waals surface area (Å²) in [4.78, 5) is 29.0. The average Bonchev–Trinajstić information content (AvgIpc) is 2.77. The molecule has 0 bridgehead atoms. The number of halogens is 2. The molecule has 2 amide bonds. The van der Waals surface area contributed by atoms with E-state index in [1.165, 1.54) is 0 Å². The summed E-state index contributed by atoms with van der Waals surface area (Å²) >= 11 is 12.4. The predicted molar refractivity (Wildman–Crippen MR) is 122 cm³/mol. The second kappa shape index (κ2) is 9.77. The smallest absolute Gasteiger partial charge is 0.266 e. The summed E-state index contributed by atoms with van der Waals surface area (Å²) in [7, 11) is 0. The van der Waals surface area contributed by atoms with E-state index in [0.29, 0.717) is 28.0 Å². The Morgan fingerprint density at radius 1 is 1.10 bits per heavy atom. The van der Waals surface area contributed by atoms with E-state index >= 15 is 0 Å². The molecule has 9 heteroatoms. The van der Waals surface area contributed by atoms with Crippen LogP contribution in [0.5, 0.6) is 5.75 Å². The van der Waals surface area contributed by atoms with Crippen molar-refractivity contribution in [2.45, 2.75) is 12.5 Å². The molecule has 0 saturated carbocycles. The van der Waals surface area contributed by atoms with Crippen molar-refractivity contribution in [1.29, 1.82) is 0 Å². The van der Waals surface area contributed by atoms with Crippen LogP contribution in [0.3, 0.4) is 0 Å². The highest BCUT2D eigenvalue weighted by Gasteiger charge is 2.29. The fourth-order valence-electron chi connectivity index (χ4n) is 3.77. The van der Waals surface area contributed by atoms with Gasteiger partial charge in [-0.25, -0.2) is 0 Å². The molecule has 1 atom stereocenters. The fourth-order valence-corrected chi connectivity index (χ4v) is 4.19. The molecule has 1 fully saturated rings. The molecule has 164 valence electrons. The lowest BCUT2D eigenvalue weighted by molar-refractivity contribution is -0.130. The molecular weight excluding hydrogens is 439 g/mol. The average molecular weight is 463 g/mol. The zero-order valence-corrected chi connectivity index (χ0v) is 18.5. The van der Waals surface area contributed by atoms with Crippen LogP contribution in [0.4, 0.5) is 11.4 Å². The van der Waals surface area contributed by atoms with Gasteiger partial charge in [-0.2, -0.15) is 0 Å². The van der Waals surface area contributed by atoms with Gasteiger partial charge in [-0.3, -0.25) is 14.5 Å². The molecule has 4 rings (SSSR count). The number of hydrogen-bond acceptors (Lipinski definition) is 5. The molecule has 0 aliphatic carbocycles. The molecule has 2 aromatic rings. The van der Waals surface area contributed by atoms with Crippen LogP contribution in [0, 0.1) is 0 Å². The van der Waals surface area contributed by atoms with Gasteiger partial charge in [0.05, 0.1) is 27.8 Å². The second-order valence-corrected chi connectivity index (χ2v) is 8.33. The van der Waals surface area contributed by atoms with Crippen LogP contribution in [0.15, 0.2) is 42.5 Å². The highest BCUT2D eigenvalue weighted by atomic mass is 35.5. The van der Waals surface area contributed by atoms with Crippen LogP contribution >= 0.6 is 23.2 Å². The van der Waals surface area contributed by atoms with Crippen molar-refractivity contribution in [2.75, 3.05) is 49.5 Å². The standard InChI is InChI=1S/C22H24Cl2N4O3/c23-15-4-3-6-17(21(15)24)28-12-10-27(11-13-28)9-8-25-20(29)14-19-22(30)26-16-5-1-2-7-18(16)31-19/h1-7,19H,8-14H2,(H,25,29)(H,26,30). The van der Waals surface area contributed by atoms with Crippen molar-refractivity contribution in [3.63, 3.8) is 0 Å².